The molecule has 0 fully saturated rings. The first-order valence-electron chi connectivity index (χ1n) is 9.88. The lowest BCUT2D eigenvalue weighted by Gasteiger charge is -2.33. The zero-order chi connectivity index (χ0) is 20.8. The van der Waals surface area contributed by atoms with E-state index < -0.39 is 10.0 Å². The second-order valence-corrected chi connectivity index (χ2v) is 10.5. The maximum absolute atomic E-state index is 12.8. The van der Waals surface area contributed by atoms with Crippen molar-refractivity contribution >= 4 is 26.7 Å². The van der Waals surface area contributed by atoms with Gasteiger partial charge in [-0.2, -0.15) is 0 Å². The third-order valence-corrected chi connectivity index (χ3v) is 7.29. The zero-order valence-corrected chi connectivity index (χ0v) is 18.1. The molecule has 1 aliphatic carbocycles. The van der Waals surface area contributed by atoms with Crippen LogP contribution in [0.25, 0.3) is 11.0 Å². The summed E-state index contributed by atoms with van der Waals surface area (Å²) < 4.78 is 39.4. The quantitative estimate of drug-likeness (QED) is 0.622. The molecular formula is C23H27NO4S. The van der Waals surface area contributed by atoms with Crippen molar-refractivity contribution in [3.63, 3.8) is 0 Å². The molecule has 2 aromatic carbocycles. The van der Waals surface area contributed by atoms with Crippen molar-refractivity contribution in [3.05, 3.63) is 53.8 Å². The highest BCUT2D eigenvalue weighted by Gasteiger charge is 2.31. The molecule has 1 heterocycles. The normalized spacial score (nSPS) is 17.2. The molecule has 6 heteroatoms. The van der Waals surface area contributed by atoms with Crippen molar-refractivity contribution in [1.29, 1.82) is 0 Å². The van der Waals surface area contributed by atoms with Gasteiger partial charge in [-0.3, -0.25) is 4.72 Å². The van der Waals surface area contributed by atoms with Crippen LogP contribution in [0, 0.1) is 11.3 Å². The first-order chi connectivity index (χ1) is 13.7. The number of anilines is 1. The number of aryl methyl sites for hydroxylation is 1. The summed E-state index contributed by atoms with van der Waals surface area (Å²) in [5, 5.41) is 1.00. The molecule has 3 aromatic rings. The van der Waals surface area contributed by atoms with E-state index in [0.29, 0.717) is 17.4 Å². The van der Waals surface area contributed by atoms with Crippen LogP contribution in [0.1, 0.15) is 38.5 Å². The molecule has 0 saturated carbocycles. The Labute approximate surface area is 172 Å². The summed E-state index contributed by atoms with van der Waals surface area (Å²) in [5.41, 5.74) is 2.80. The lowest BCUT2D eigenvalue weighted by molar-refractivity contribution is 0.210. The molecule has 0 amide bonds. The maximum Gasteiger partial charge on any atom is 0.261 e. The Morgan fingerprint density at radius 3 is 2.48 bits per heavy atom. The van der Waals surface area contributed by atoms with Gasteiger partial charge in [0.05, 0.1) is 12.0 Å². The third kappa shape index (κ3) is 3.86. The number of ether oxygens (including phenoxy) is 1. The van der Waals surface area contributed by atoms with Crippen molar-refractivity contribution in [2.45, 2.75) is 44.9 Å². The number of fused-ring (bicyclic) bond motifs is 3. The van der Waals surface area contributed by atoms with Gasteiger partial charge in [-0.25, -0.2) is 8.42 Å². The summed E-state index contributed by atoms with van der Waals surface area (Å²) in [6, 6.07) is 11.8. The Bertz CT molecular complexity index is 1140. The average molecular weight is 414 g/mol. The summed E-state index contributed by atoms with van der Waals surface area (Å²) >= 11 is 0. The molecule has 0 unspecified atom stereocenters. The minimum atomic E-state index is -3.68. The Morgan fingerprint density at radius 2 is 1.83 bits per heavy atom. The van der Waals surface area contributed by atoms with Crippen LogP contribution in [0.4, 0.5) is 5.69 Å². The lowest BCUT2D eigenvalue weighted by Crippen LogP contribution is -2.26. The van der Waals surface area contributed by atoms with Crippen LogP contribution < -0.4 is 9.46 Å². The van der Waals surface area contributed by atoms with Gasteiger partial charge in [0.2, 0.25) is 0 Å². The number of hydrogen-bond acceptors (Lipinski definition) is 4. The molecule has 0 aliphatic heterocycles. The lowest BCUT2D eigenvalue weighted by atomic mass is 9.71. The average Bonchev–Trinajstić information content (AvgIpc) is 3.04. The van der Waals surface area contributed by atoms with Gasteiger partial charge in [-0.1, -0.05) is 20.8 Å². The minimum Gasteiger partial charge on any atom is -0.497 e. The van der Waals surface area contributed by atoms with Crippen LogP contribution in [0.15, 0.2) is 51.8 Å². The Hall–Kier alpha value is -2.47. The summed E-state index contributed by atoms with van der Waals surface area (Å²) in [4.78, 5) is 0.195. The van der Waals surface area contributed by atoms with Crippen LogP contribution in [0.3, 0.4) is 0 Å². The van der Waals surface area contributed by atoms with Crippen LogP contribution in [-0.4, -0.2) is 15.5 Å². The molecular weight excluding hydrogens is 386 g/mol. The fraction of sp³-hybridized carbons (Fsp3) is 0.391. The van der Waals surface area contributed by atoms with Gasteiger partial charge in [0, 0.05) is 23.1 Å². The largest absolute Gasteiger partial charge is 0.497 e. The van der Waals surface area contributed by atoms with Crippen molar-refractivity contribution < 1.29 is 17.6 Å². The van der Waals surface area contributed by atoms with E-state index in [-0.39, 0.29) is 10.3 Å². The van der Waals surface area contributed by atoms with Crippen LogP contribution in [-0.2, 0) is 22.9 Å². The van der Waals surface area contributed by atoms with Gasteiger partial charge in [0.1, 0.15) is 17.1 Å². The van der Waals surface area contributed by atoms with Gasteiger partial charge >= 0.3 is 0 Å². The van der Waals surface area contributed by atoms with E-state index in [1.54, 1.807) is 25.3 Å². The third-order valence-electron chi connectivity index (χ3n) is 5.89. The van der Waals surface area contributed by atoms with E-state index in [2.05, 4.69) is 25.5 Å². The summed E-state index contributed by atoms with van der Waals surface area (Å²) in [6.07, 6.45) is 3.01. The standard InChI is InChI=1S/C23H27NO4S/c1-23(2,3)15-5-11-21-19(13-15)20-14-16(6-12-22(20)28-21)24-29(25,26)18-9-7-17(27-4)8-10-18/h6-10,12,14-15,24H,5,11,13H2,1-4H3/t15-/m0/s1. The SMILES string of the molecule is COc1ccc(S(=O)(=O)Nc2ccc3oc4c(c3c2)C[C@@H](C(C)(C)C)CC4)cc1. The van der Waals surface area contributed by atoms with Gasteiger partial charge in [-0.15, -0.1) is 0 Å². The molecule has 4 rings (SSSR count). The topological polar surface area (TPSA) is 68.5 Å². The van der Waals surface area contributed by atoms with Gasteiger partial charge in [0.25, 0.3) is 10.0 Å². The number of sulfonamides is 1. The monoisotopic (exact) mass is 413 g/mol. The van der Waals surface area contributed by atoms with Crippen LogP contribution >= 0.6 is 0 Å². The molecule has 1 aliphatic rings. The smallest absolute Gasteiger partial charge is 0.261 e. The van der Waals surface area contributed by atoms with Crippen LogP contribution in [0.2, 0.25) is 0 Å². The molecule has 0 bridgehead atoms. The highest BCUT2D eigenvalue weighted by Crippen LogP contribution is 2.41. The number of methoxy groups -OCH3 is 1. The van der Waals surface area contributed by atoms with E-state index in [0.717, 1.165) is 36.0 Å². The first-order valence-corrected chi connectivity index (χ1v) is 11.4. The maximum atomic E-state index is 12.8. The van der Waals surface area contributed by atoms with Crippen molar-refractivity contribution in [2.24, 2.45) is 11.3 Å². The second kappa shape index (κ2) is 7.10. The minimum absolute atomic E-state index is 0.195. The van der Waals surface area contributed by atoms with E-state index in [1.807, 2.05) is 12.1 Å². The first kappa shape index (κ1) is 19.8. The molecule has 0 saturated heterocycles. The van der Waals surface area contributed by atoms with Gasteiger partial charge in [0.15, 0.2) is 0 Å². The fourth-order valence-electron chi connectivity index (χ4n) is 4.05. The van der Waals surface area contributed by atoms with Crippen LogP contribution in [0.5, 0.6) is 5.75 Å². The molecule has 1 N–H and O–H groups in total. The molecule has 0 spiro atoms. The predicted molar refractivity (Wildman–Crippen MR) is 115 cm³/mol. The molecule has 5 nitrogen and oxygen atoms in total. The number of rotatable bonds is 4. The molecule has 1 aromatic heterocycles. The van der Waals surface area contributed by atoms with Crippen molar-refractivity contribution in [1.82, 2.24) is 0 Å². The molecule has 1 atom stereocenters. The fourth-order valence-corrected chi connectivity index (χ4v) is 5.10. The number of furan rings is 1. The number of hydrogen-bond donors (Lipinski definition) is 1. The Balaban J connectivity index is 1.65. The van der Waals surface area contributed by atoms with E-state index in [1.165, 1.54) is 17.7 Å². The Morgan fingerprint density at radius 1 is 1.10 bits per heavy atom. The molecule has 0 radical (unpaired) electrons. The van der Waals surface area contributed by atoms with Gasteiger partial charge < -0.3 is 9.15 Å². The summed E-state index contributed by atoms with van der Waals surface area (Å²) in [7, 11) is -2.13. The number of benzene rings is 2. The Kier molecular flexibility index (Phi) is 4.85. The zero-order valence-electron chi connectivity index (χ0n) is 17.3. The van der Waals surface area contributed by atoms with E-state index in [4.69, 9.17) is 9.15 Å². The van der Waals surface area contributed by atoms with Crippen molar-refractivity contribution in [3.8, 4) is 5.75 Å². The second-order valence-electron chi connectivity index (χ2n) is 8.80. The van der Waals surface area contributed by atoms with E-state index in [9.17, 15) is 8.42 Å². The molecule has 29 heavy (non-hydrogen) atoms. The summed E-state index contributed by atoms with van der Waals surface area (Å²) in [5.74, 6) is 2.23. The summed E-state index contributed by atoms with van der Waals surface area (Å²) in [6.45, 7) is 6.83. The highest BCUT2D eigenvalue weighted by atomic mass is 32.2. The van der Waals surface area contributed by atoms with Gasteiger partial charge in [-0.05, 0) is 66.6 Å². The molecule has 154 valence electrons. The number of nitrogens with one attached hydrogen (secondary N) is 1. The van der Waals surface area contributed by atoms with Crippen molar-refractivity contribution in [2.75, 3.05) is 11.8 Å². The highest BCUT2D eigenvalue weighted by molar-refractivity contribution is 7.92. The van der Waals surface area contributed by atoms with E-state index >= 15 is 0 Å². The predicted octanol–water partition coefficient (Wildman–Crippen LogP) is 5.39.